The molecule has 3 aromatic carbocycles. The van der Waals surface area contributed by atoms with E-state index in [1.165, 1.54) is 11.6 Å². The Morgan fingerprint density at radius 3 is 2.41 bits per heavy atom. The third-order valence-electron chi connectivity index (χ3n) is 5.12. The number of benzene rings is 3. The number of nitrogens with zero attached hydrogens (tertiary/aromatic N) is 1. The second kappa shape index (κ2) is 12.1. The van der Waals surface area contributed by atoms with Crippen LogP contribution in [0.15, 0.2) is 70.7 Å². The van der Waals surface area contributed by atoms with Crippen LogP contribution in [0.25, 0.3) is 6.08 Å². The fourth-order valence-electron chi connectivity index (χ4n) is 3.33. The molecule has 0 saturated carbocycles. The molecule has 0 spiro atoms. The molecule has 34 heavy (non-hydrogen) atoms. The Bertz CT molecular complexity index is 1230. The highest BCUT2D eigenvalue weighted by Gasteiger charge is 2.14. The minimum Gasteiger partial charge on any atom is -0.490 e. The summed E-state index contributed by atoms with van der Waals surface area (Å²) in [5, 5.41) is 12.4. The van der Waals surface area contributed by atoms with E-state index in [2.05, 4.69) is 34.2 Å². The summed E-state index contributed by atoms with van der Waals surface area (Å²) in [6.45, 7) is 6.84. The first-order valence-electron chi connectivity index (χ1n) is 11.1. The lowest BCUT2D eigenvalue weighted by Gasteiger charge is -2.14. The van der Waals surface area contributed by atoms with Crippen LogP contribution in [0, 0.1) is 18.3 Å². The first-order valence-corrected chi connectivity index (χ1v) is 11.9. The molecule has 1 amide bonds. The lowest BCUT2D eigenvalue weighted by Crippen LogP contribution is -2.13. The third kappa shape index (κ3) is 6.72. The maximum absolute atomic E-state index is 12.7. The molecule has 0 atom stereocenters. The van der Waals surface area contributed by atoms with Crippen molar-refractivity contribution < 1.29 is 14.3 Å². The second-order valence-electron chi connectivity index (χ2n) is 7.71. The molecule has 0 bridgehead atoms. The molecule has 0 aliphatic carbocycles. The zero-order chi connectivity index (χ0) is 24.5. The van der Waals surface area contributed by atoms with Gasteiger partial charge in [0.25, 0.3) is 5.91 Å². The number of carbonyl (C=O) groups excluding carboxylic acids is 1. The highest BCUT2D eigenvalue weighted by Crippen LogP contribution is 2.35. The molecule has 0 heterocycles. The minimum absolute atomic E-state index is 0.0175. The Morgan fingerprint density at radius 2 is 1.76 bits per heavy atom. The van der Waals surface area contributed by atoms with Gasteiger partial charge in [-0.05, 0) is 67.3 Å². The van der Waals surface area contributed by atoms with Crippen LogP contribution >= 0.6 is 15.9 Å². The second-order valence-corrected chi connectivity index (χ2v) is 8.56. The van der Waals surface area contributed by atoms with E-state index < -0.39 is 5.91 Å². The maximum atomic E-state index is 12.7. The molecule has 0 saturated heterocycles. The van der Waals surface area contributed by atoms with E-state index in [4.69, 9.17) is 9.47 Å². The third-order valence-corrected chi connectivity index (χ3v) is 5.81. The molecule has 5 nitrogen and oxygen atoms in total. The summed E-state index contributed by atoms with van der Waals surface area (Å²) in [5.41, 5.74) is 4.65. The zero-order valence-electron chi connectivity index (χ0n) is 19.5. The number of hydrogen-bond donors (Lipinski definition) is 1. The van der Waals surface area contributed by atoms with E-state index >= 15 is 0 Å². The number of carbonyl (C=O) groups is 1. The average Bonchev–Trinajstić information content (AvgIpc) is 2.83. The van der Waals surface area contributed by atoms with E-state index in [0.717, 1.165) is 17.5 Å². The van der Waals surface area contributed by atoms with Crippen LogP contribution in [0.3, 0.4) is 0 Å². The SMILES string of the molecule is CCOc1cc(/C=C(\C#N)C(=O)Nc2ccc(CC)cc2)c(Br)cc1OCc1cccc(C)c1. The van der Waals surface area contributed by atoms with Gasteiger partial charge in [-0.2, -0.15) is 5.26 Å². The summed E-state index contributed by atoms with van der Waals surface area (Å²) in [5.74, 6) is 0.639. The van der Waals surface area contributed by atoms with Crippen molar-refractivity contribution in [1.29, 1.82) is 5.26 Å². The predicted octanol–water partition coefficient (Wildman–Crippen LogP) is 6.84. The smallest absolute Gasteiger partial charge is 0.266 e. The molecule has 6 heteroatoms. The summed E-state index contributed by atoms with van der Waals surface area (Å²) in [7, 11) is 0. The van der Waals surface area contributed by atoms with Crippen LogP contribution in [0.1, 0.15) is 36.1 Å². The molecule has 3 aromatic rings. The van der Waals surface area contributed by atoms with Gasteiger partial charge in [-0.1, -0.05) is 64.8 Å². The Morgan fingerprint density at radius 1 is 1.03 bits per heavy atom. The van der Waals surface area contributed by atoms with Gasteiger partial charge in [0, 0.05) is 10.2 Å². The van der Waals surface area contributed by atoms with Gasteiger partial charge in [-0.25, -0.2) is 0 Å². The molecule has 0 aliphatic rings. The molecular formula is C28H27BrN2O3. The topological polar surface area (TPSA) is 71.3 Å². The van der Waals surface area contributed by atoms with Crippen LogP contribution in [0.2, 0.25) is 0 Å². The van der Waals surface area contributed by atoms with Crippen molar-refractivity contribution in [1.82, 2.24) is 0 Å². The van der Waals surface area contributed by atoms with Crippen molar-refractivity contribution in [3.05, 3.63) is 93.0 Å². The van der Waals surface area contributed by atoms with Gasteiger partial charge in [-0.3, -0.25) is 4.79 Å². The molecule has 0 unspecified atom stereocenters. The van der Waals surface area contributed by atoms with Gasteiger partial charge in [0.05, 0.1) is 6.61 Å². The average molecular weight is 519 g/mol. The fraction of sp³-hybridized carbons (Fsp3) is 0.214. The molecule has 0 fully saturated rings. The number of nitrogens with one attached hydrogen (secondary N) is 1. The molecule has 174 valence electrons. The quantitative estimate of drug-likeness (QED) is 0.248. The van der Waals surface area contributed by atoms with Crippen molar-refractivity contribution in [3.8, 4) is 17.6 Å². The standard InChI is InChI=1S/C28H27BrN2O3/c1-4-20-9-11-24(12-10-20)31-28(32)23(17-30)14-22-15-26(33-5-2)27(16-25(22)29)34-18-21-8-6-7-19(3)13-21/h6-16H,4-5,18H2,1-3H3,(H,31,32)/b23-14+. The molecular weight excluding hydrogens is 492 g/mol. The van der Waals surface area contributed by atoms with Crippen LogP contribution < -0.4 is 14.8 Å². The Kier molecular flexibility index (Phi) is 8.89. The first-order chi connectivity index (χ1) is 16.4. The van der Waals surface area contributed by atoms with Gasteiger partial charge >= 0.3 is 0 Å². The van der Waals surface area contributed by atoms with E-state index in [-0.39, 0.29) is 5.57 Å². The molecule has 0 aliphatic heterocycles. The normalized spacial score (nSPS) is 11.0. The Balaban J connectivity index is 1.82. The summed E-state index contributed by atoms with van der Waals surface area (Å²) < 4.78 is 12.5. The van der Waals surface area contributed by atoms with Crippen molar-refractivity contribution >= 4 is 33.6 Å². The Hall–Kier alpha value is -3.56. The van der Waals surface area contributed by atoms with Crippen molar-refractivity contribution in [2.75, 3.05) is 11.9 Å². The molecule has 3 rings (SSSR count). The van der Waals surface area contributed by atoms with Gasteiger partial charge in [0.1, 0.15) is 18.2 Å². The summed E-state index contributed by atoms with van der Waals surface area (Å²) >= 11 is 3.54. The largest absolute Gasteiger partial charge is 0.490 e. The number of anilines is 1. The van der Waals surface area contributed by atoms with Crippen molar-refractivity contribution in [2.24, 2.45) is 0 Å². The van der Waals surface area contributed by atoms with Gasteiger partial charge < -0.3 is 14.8 Å². The lowest BCUT2D eigenvalue weighted by molar-refractivity contribution is -0.112. The monoisotopic (exact) mass is 518 g/mol. The molecule has 0 radical (unpaired) electrons. The number of amides is 1. The maximum Gasteiger partial charge on any atom is 0.266 e. The highest BCUT2D eigenvalue weighted by atomic mass is 79.9. The van der Waals surface area contributed by atoms with Crippen LogP contribution in [-0.4, -0.2) is 12.5 Å². The van der Waals surface area contributed by atoms with Crippen LogP contribution in [0.5, 0.6) is 11.5 Å². The van der Waals surface area contributed by atoms with E-state index in [0.29, 0.717) is 40.4 Å². The van der Waals surface area contributed by atoms with Crippen LogP contribution in [0.4, 0.5) is 5.69 Å². The number of hydrogen-bond acceptors (Lipinski definition) is 4. The van der Waals surface area contributed by atoms with E-state index in [9.17, 15) is 10.1 Å². The highest BCUT2D eigenvalue weighted by molar-refractivity contribution is 9.10. The lowest BCUT2D eigenvalue weighted by atomic mass is 10.1. The van der Waals surface area contributed by atoms with Crippen molar-refractivity contribution in [3.63, 3.8) is 0 Å². The summed E-state index contributed by atoms with van der Waals surface area (Å²) in [4.78, 5) is 12.7. The number of ether oxygens (including phenoxy) is 2. The number of aryl methyl sites for hydroxylation is 2. The van der Waals surface area contributed by atoms with Crippen molar-refractivity contribution in [2.45, 2.75) is 33.8 Å². The number of nitriles is 1. The van der Waals surface area contributed by atoms with Crippen LogP contribution in [-0.2, 0) is 17.8 Å². The minimum atomic E-state index is -0.476. The Labute approximate surface area is 209 Å². The number of halogens is 1. The first kappa shape index (κ1) is 25.1. The summed E-state index contributed by atoms with van der Waals surface area (Å²) in [6, 6.07) is 21.2. The van der Waals surface area contributed by atoms with Gasteiger partial charge in [0.15, 0.2) is 11.5 Å². The van der Waals surface area contributed by atoms with Gasteiger partial charge in [0.2, 0.25) is 0 Å². The summed E-state index contributed by atoms with van der Waals surface area (Å²) in [6.07, 6.45) is 2.45. The number of rotatable bonds is 9. The zero-order valence-corrected chi connectivity index (χ0v) is 21.1. The fourth-order valence-corrected chi connectivity index (χ4v) is 3.77. The van der Waals surface area contributed by atoms with Gasteiger partial charge in [-0.15, -0.1) is 0 Å². The van der Waals surface area contributed by atoms with E-state index in [1.807, 2.05) is 62.4 Å². The van der Waals surface area contributed by atoms with E-state index in [1.54, 1.807) is 12.1 Å². The molecule has 0 aromatic heterocycles. The molecule has 1 N–H and O–H groups in total. The predicted molar refractivity (Wildman–Crippen MR) is 139 cm³/mol.